The largest absolute Gasteiger partial charge is 0.447 e. The fourth-order valence-electron chi connectivity index (χ4n) is 3.61. The molecule has 0 saturated carbocycles. The number of halogens is 3. The van der Waals surface area contributed by atoms with Crippen LogP contribution in [0.1, 0.15) is 21.7 Å². The number of ether oxygens (including phenoxy) is 1. The number of cyclic esters (lactones) is 1. The number of carbonyl (C=O) groups excluding carboxylic acids is 2. The molecule has 138 valence electrons. The van der Waals surface area contributed by atoms with Gasteiger partial charge in [0, 0.05) is 18.5 Å². The van der Waals surface area contributed by atoms with Crippen LogP contribution in [0, 0.1) is 18.6 Å². The number of rotatable bonds is 3. The van der Waals surface area contributed by atoms with Crippen LogP contribution in [0.2, 0.25) is 5.02 Å². The van der Waals surface area contributed by atoms with E-state index in [-0.39, 0.29) is 33.5 Å². The molecule has 2 fully saturated rings. The number of fused-ring (bicyclic) bond motifs is 1. The van der Waals surface area contributed by atoms with E-state index in [1.54, 1.807) is 6.92 Å². The first kappa shape index (κ1) is 17.6. The molecule has 2 aliphatic rings. The van der Waals surface area contributed by atoms with Crippen LogP contribution in [-0.2, 0) is 4.74 Å². The van der Waals surface area contributed by atoms with Crippen molar-refractivity contribution >= 4 is 44.9 Å². The number of hydrogen-bond acceptors (Lipinski definition) is 5. The second kappa shape index (κ2) is 6.14. The maximum atomic E-state index is 14.1. The van der Waals surface area contributed by atoms with E-state index in [0.717, 1.165) is 17.4 Å². The Morgan fingerprint density at radius 1 is 1.50 bits per heavy atom. The summed E-state index contributed by atoms with van der Waals surface area (Å²) in [7, 11) is 0. The predicted molar refractivity (Wildman–Crippen MR) is 94.1 cm³/mol. The van der Waals surface area contributed by atoms with Crippen molar-refractivity contribution in [3.8, 4) is 0 Å². The maximum Gasteiger partial charge on any atom is 0.407 e. The van der Waals surface area contributed by atoms with Gasteiger partial charge in [0.15, 0.2) is 17.4 Å². The van der Waals surface area contributed by atoms with Gasteiger partial charge in [-0.05, 0) is 25.0 Å². The highest BCUT2D eigenvalue weighted by molar-refractivity contribution is 7.21. The van der Waals surface area contributed by atoms with Gasteiger partial charge < -0.3 is 10.1 Å². The van der Waals surface area contributed by atoms with Crippen LogP contribution in [0.25, 0.3) is 10.1 Å². The molecule has 0 radical (unpaired) electrons. The molecule has 3 heterocycles. The van der Waals surface area contributed by atoms with Crippen LogP contribution in [0.3, 0.4) is 0 Å². The minimum Gasteiger partial charge on any atom is -0.447 e. The van der Waals surface area contributed by atoms with Crippen LogP contribution in [0.4, 0.5) is 13.6 Å². The molecule has 1 aromatic heterocycles. The molecule has 2 saturated heterocycles. The van der Waals surface area contributed by atoms with Crippen molar-refractivity contribution in [3.05, 3.63) is 33.2 Å². The van der Waals surface area contributed by atoms with Gasteiger partial charge in [0.1, 0.15) is 6.61 Å². The van der Waals surface area contributed by atoms with Gasteiger partial charge in [0.2, 0.25) is 0 Å². The summed E-state index contributed by atoms with van der Waals surface area (Å²) < 4.78 is 32.7. The predicted octanol–water partition coefficient (Wildman–Crippen LogP) is 3.51. The van der Waals surface area contributed by atoms with Crippen molar-refractivity contribution in [2.24, 2.45) is 0 Å². The molecule has 26 heavy (non-hydrogen) atoms. The number of amides is 1. The topological polar surface area (TPSA) is 58.6 Å². The van der Waals surface area contributed by atoms with Gasteiger partial charge in [0.25, 0.3) is 0 Å². The summed E-state index contributed by atoms with van der Waals surface area (Å²) in [6.07, 6.45) is 0.240. The number of Topliss-reactive ketones (excluding diaryl/α,β-unsaturated/α-hetero) is 1. The number of hydrogen-bond donors (Lipinski definition) is 1. The Morgan fingerprint density at radius 3 is 2.96 bits per heavy atom. The summed E-state index contributed by atoms with van der Waals surface area (Å²) in [6, 6.07) is 1.08. The third-order valence-electron chi connectivity index (χ3n) is 4.90. The van der Waals surface area contributed by atoms with Gasteiger partial charge in [-0.3, -0.25) is 9.69 Å². The summed E-state index contributed by atoms with van der Waals surface area (Å²) in [5, 5.41) is 3.34. The third-order valence-corrected chi connectivity index (χ3v) is 6.61. The Morgan fingerprint density at radius 2 is 2.27 bits per heavy atom. The molecule has 1 amide bonds. The number of nitrogens with zero attached hydrogens (tertiary/aromatic N) is 1. The lowest BCUT2D eigenvalue weighted by Gasteiger charge is -2.20. The molecule has 2 aliphatic heterocycles. The van der Waals surface area contributed by atoms with Crippen LogP contribution >= 0.6 is 22.9 Å². The molecule has 1 atom stereocenters. The minimum absolute atomic E-state index is 0.0604. The average Bonchev–Trinajstić information content (AvgIpc) is 3.24. The van der Waals surface area contributed by atoms with E-state index in [0.29, 0.717) is 30.5 Å². The number of benzene rings is 1. The zero-order valence-corrected chi connectivity index (χ0v) is 15.4. The zero-order valence-electron chi connectivity index (χ0n) is 13.8. The monoisotopic (exact) mass is 400 g/mol. The number of ketones is 1. The third kappa shape index (κ3) is 2.76. The van der Waals surface area contributed by atoms with Crippen LogP contribution < -0.4 is 5.32 Å². The summed E-state index contributed by atoms with van der Waals surface area (Å²) in [5.41, 5.74) is 0.0396. The Bertz CT molecular complexity index is 948. The van der Waals surface area contributed by atoms with Gasteiger partial charge in [-0.2, -0.15) is 0 Å². The van der Waals surface area contributed by atoms with Gasteiger partial charge in [-0.25, -0.2) is 13.6 Å². The van der Waals surface area contributed by atoms with E-state index in [2.05, 4.69) is 5.32 Å². The molecule has 1 N–H and O–H groups in total. The number of carbonyl (C=O) groups is 2. The van der Waals surface area contributed by atoms with E-state index in [1.165, 1.54) is 0 Å². The van der Waals surface area contributed by atoms with Gasteiger partial charge >= 0.3 is 6.09 Å². The number of nitrogens with one attached hydrogen (secondary N) is 1. The van der Waals surface area contributed by atoms with Crippen molar-refractivity contribution < 1.29 is 23.1 Å². The van der Waals surface area contributed by atoms with Crippen molar-refractivity contribution in [3.63, 3.8) is 0 Å². The number of alkyl carbamates (subject to hydrolysis) is 1. The van der Waals surface area contributed by atoms with Gasteiger partial charge in [0.05, 0.1) is 26.7 Å². The number of thiophene rings is 1. The molecular formula is C17H15ClF2N2O3S. The molecule has 1 unspecified atom stereocenters. The van der Waals surface area contributed by atoms with E-state index >= 15 is 0 Å². The van der Waals surface area contributed by atoms with Crippen molar-refractivity contribution in [2.75, 3.05) is 26.2 Å². The van der Waals surface area contributed by atoms with E-state index < -0.39 is 23.3 Å². The first-order chi connectivity index (χ1) is 12.3. The van der Waals surface area contributed by atoms with Crippen LogP contribution in [0.15, 0.2) is 6.07 Å². The Kier molecular flexibility index (Phi) is 4.17. The molecule has 0 bridgehead atoms. The number of aryl methyl sites for hydroxylation is 1. The van der Waals surface area contributed by atoms with Crippen molar-refractivity contribution in [1.29, 1.82) is 0 Å². The zero-order chi connectivity index (χ0) is 18.6. The summed E-state index contributed by atoms with van der Waals surface area (Å²) in [5.74, 6) is -2.19. The second-order valence-electron chi connectivity index (χ2n) is 6.80. The molecule has 2 aromatic rings. The molecule has 0 aliphatic carbocycles. The Hall–Kier alpha value is -1.77. The van der Waals surface area contributed by atoms with Crippen LogP contribution in [0.5, 0.6) is 0 Å². The lowest BCUT2D eigenvalue weighted by Crippen LogP contribution is -2.46. The van der Waals surface area contributed by atoms with Gasteiger partial charge in [-0.1, -0.05) is 11.6 Å². The first-order valence-electron chi connectivity index (χ1n) is 8.07. The maximum absolute atomic E-state index is 14.1. The normalized spacial score (nSPS) is 23.0. The van der Waals surface area contributed by atoms with Crippen LogP contribution in [-0.4, -0.2) is 48.6 Å². The average molecular weight is 401 g/mol. The summed E-state index contributed by atoms with van der Waals surface area (Å²) in [6.45, 7) is 3.12. The lowest BCUT2D eigenvalue weighted by molar-refractivity contribution is 0.0944. The first-order valence-corrected chi connectivity index (χ1v) is 9.26. The standard InChI is InChI=1S/C17H15ClF2N2O3S/c1-8-4-9(19)13(20)15-11(8)12(18)14(26-15)10(23)5-22-3-2-17(6-22)7-25-16(24)21-17/h4H,2-3,5-7H2,1H3,(H,21,24). The fraction of sp³-hybridized carbons (Fsp3) is 0.412. The van der Waals surface area contributed by atoms with Crippen molar-refractivity contribution in [1.82, 2.24) is 10.2 Å². The lowest BCUT2D eigenvalue weighted by atomic mass is 10.0. The highest BCUT2D eigenvalue weighted by atomic mass is 35.5. The van der Waals surface area contributed by atoms with E-state index in [1.807, 2.05) is 4.90 Å². The molecule has 1 spiro atoms. The smallest absolute Gasteiger partial charge is 0.407 e. The van der Waals surface area contributed by atoms with Crippen molar-refractivity contribution in [2.45, 2.75) is 18.9 Å². The highest BCUT2D eigenvalue weighted by Gasteiger charge is 2.45. The fourth-order valence-corrected chi connectivity index (χ4v) is 5.26. The minimum atomic E-state index is -0.984. The molecule has 1 aromatic carbocycles. The SMILES string of the molecule is Cc1cc(F)c(F)c2sc(C(=O)CN3CCC4(COC(=O)N4)C3)c(Cl)c12. The van der Waals surface area contributed by atoms with E-state index in [9.17, 15) is 18.4 Å². The molecule has 4 rings (SSSR count). The number of likely N-dealkylation sites (tertiary alicyclic amines) is 1. The second-order valence-corrected chi connectivity index (χ2v) is 8.20. The quantitative estimate of drug-likeness (QED) is 0.801. The molecular weight excluding hydrogens is 386 g/mol. The molecule has 5 nitrogen and oxygen atoms in total. The molecule has 9 heteroatoms. The van der Waals surface area contributed by atoms with Gasteiger partial charge in [-0.15, -0.1) is 11.3 Å². The Balaban J connectivity index is 1.58. The summed E-state index contributed by atoms with van der Waals surface area (Å²) >= 11 is 7.19. The summed E-state index contributed by atoms with van der Waals surface area (Å²) in [4.78, 5) is 26.1. The Labute approximate surface area is 156 Å². The van der Waals surface area contributed by atoms with E-state index in [4.69, 9.17) is 16.3 Å². The highest BCUT2D eigenvalue weighted by Crippen LogP contribution is 2.40.